The zero-order chi connectivity index (χ0) is 13.3. The largest absolute Gasteiger partial charge is 0.309 e. The first kappa shape index (κ1) is 16.0. The molecule has 1 heteroatoms. The summed E-state index contributed by atoms with van der Waals surface area (Å²) in [4.78, 5) is 0. The van der Waals surface area contributed by atoms with Gasteiger partial charge in [-0.3, -0.25) is 0 Å². The van der Waals surface area contributed by atoms with Crippen LogP contribution in [0.2, 0.25) is 0 Å². The minimum Gasteiger partial charge on any atom is -0.309 e. The smallest absolute Gasteiger partial charge is 0.0153 e. The second-order valence-electron chi connectivity index (χ2n) is 6.56. The maximum atomic E-state index is 3.97. The first-order chi connectivity index (χ1) is 8.70. The molecule has 0 aromatic carbocycles. The van der Waals surface area contributed by atoms with Crippen molar-refractivity contribution in [1.82, 2.24) is 5.32 Å². The van der Waals surface area contributed by atoms with Crippen LogP contribution in [0.5, 0.6) is 0 Å². The maximum Gasteiger partial charge on any atom is 0.0153 e. The summed E-state index contributed by atoms with van der Waals surface area (Å²) in [5, 5.41) is 3.97. The van der Waals surface area contributed by atoms with E-state index < -0.39 is 0 Å². The van der Waals surface area contributed by atoms with Crippen molar-refractivity contribution < 1.29 is 0 Å². The summed E-state index contributed by atoms with van der Waals surface area (Å²) in [5.41, 5.74) is 0.397. The van der Waals surface area contributed by atoms with Crippen molar-refractivity contribution in [3.8, 4) is 0 Å². The first-order valence-electron chi connectivity index (χ1n) is 8.48. The van der Waals surface area contributed by atoms with Gasteiger partial charge in [0.25, 0.3) is 0 Å². The van der Waals surface area contributed by atoms with Crippen molar-refractivity contribution in [1.29, 1.82) is 0 Å². The van der Waals surface area contributed by atoms with Gasteiger partial charge >= 0.3 is 0 Å². The molecule has 0 saturated heterocycles. The summed E-state index contributed by atoms with van der Waals surface area (Å²) in [6.07, 6.45) is 16.8. The van der Waals surface area contributed by atoms with Gasteiger partial charge in [-0.25, -0.2) is 0 Å². The molecule has 1 nitrogen and oxygen atoms in total. The van der Waals surface area contributed by atoms with Crippen LogP contribution in [-0.4, -0.2) is 11.6 Å². The van der Waals surface area contributed by atoms with Crippen LogP contribution in [0.1, 0.15) is 97.8 Å². The van der Waals surface area contributed by atoms with E-state index in [9.17, 15) is 0 Å². The van der Waals surface area contributed by atoms with Gasteiger partial charge in [0.2, 0.25) is 0 Å². The monoisotopic (exact) mass is 253 g/mol. The van der Waals surface area contributed by atoms with E-state index in [1.807, 2.05) is 0 Å². The number of hydrogen-bond acceptors (Lipinski definition) is 1. The van der Waals surface area contributed by atoms with Crippen LogP contribution >= 0.6 is 0 Å². The highest BCUT2D eigenvalue weighted by Gasteiger charge is 2.25. The molecule has 0 aliphatic heterocycles. The van der Waals surface area contributed by atoms with Crippen molar-refractivity contribution in [3.05, 3.63) is 0 Å². The molecule has 0 amide bonds. The van der Waals surface area contributed by atoms with Crippen LogP contribution in [0, 0.1) is 0 Å². The Labute approximate surface area is 115 Å². The van der Waals surface area contributed by atoms with E-state index in [2.05, 4.69) is 26.1 Å². The van der Waals surface area contributed by atoms with Crippen LogP contribution in [0.15, 0.2) is 0 Å². The maximum absolute atomic E-state index is 3.97. The molecule has 1 aliphatic rings. The molecule has 0 aromatic rings. The summed E-state index contributed by atoms with van der Waals surface area (Å²) >= 11 is 0. The Hall–Kier alpha value is -0.0400. The predicted molar refractivity (Wildman–Crippen MR) is 82.1 cm³/mol. The molecular weight excluding hydrogens is 218 g/mol. The third kappa shape index (κ3) is 6.22. The van der Waals surface area contributed by atoms with Crippen LogP contribution < -0.4 is 5.32 Å². The summed E-state index contributed by atoms with van der Waals surface area (Å²) in [7, 11) is 0. The van der Waals surface area contributed by atoms with E-state index >= 15 is 0 Å². The molecule has 0 heterocycles. The van der Waals surface area contributed by atoms with Gasteiger partial charge in [-0.1, -0.05) is 65.2 Å². The van der Waals surface area contributed by atoms with Crippen LogP contribution in [0.25, 0.3) is 0 Å². The lowest BCUT2D eigenvalue weighted by Gasteiger charge is -2.36. The third-order valence-corrected chi connectivity index (χ3v) is 4.77. The Morgan fingerprint density at radius 3 is 2.22 bits per heavy atom. The summed E-state index contributed by atoms with van der Waals surface area (Å²) in [6.45, 7) is 7.09. The Bertz CT molecular complexity index is 196. The Balaban J connectivity index is 2.22. The highest BCUT2D eigenvalue weighted by Crippen LogP contribution is 2.25. The lowest BCUT2D eigenvalue weighted by molar-refractivity contribution is 0.238. The normalized spacial score (nSPS) is 20.8. The van der Waals surface area contributed by atoms with Gasteiger partial charge in [-0.05, 0) is 32.6 Å². The lowest BCUT2D eigenvalue weighted by atomic mass is 9.87. The molecule has 108 valence electrons. The van der Waals surface area contributed by atoms with Gasteiger partial charge in [-0.2, -0.15) is 0 Å². The first-order valence-corrected chi connectivity index (χ1v) is 8.48. The molecule has 0 aromatic heterocycles. The lowest BCUT2D eigenvalue weighted by Crippen LogP contribution is -2.48. The molecule has 0 radical (unpaired) electrons. The summed E-state index contributed by atoms with van der Waals surface area (Å²) in [5.74, 6) is 0. The van der Waals surface area contributed by atoms with E-state index in [-0.39, 0.29) is 0 Å². The van der Waals surface area contributed by atoms with Gasteiger partial charge in [0.05, 0.1) is 0 Å². The van der Waals surface area contributed by atoms with Crippen molar-refractivity contribution in [3.63, 3.8) is 0 Å². The number of unbranched alkanes of at least 4 members (excludes halogenated alkanes) is 4. The van der Waals surface area contributed by atoms with E-state index in [1.165, 1.54) is 77.0 Å². The number of nitrogens with one attached hydrogen (secondary N) is 1. The Morgan fingerprint density at radius 2 is 1.61 bits per heavy atom. The minimum atomic E-state index is 0.397. The minimum absolute atomic E-state index is 0.397. The Kier molecular flexibility index (Phi) is 7.97. The third-order valence-electron chi connectivity index (χ3n) is 4.77. The summed E-state index contributed by atoms with van der Waals surface area (Å²) < 4.78 is 0. The molecule has 1 unspecified atom stereocenters. The SMILES string of the molecule is CCCCCCCC(C)(CC)NC1CCCCC1. The average Bonchev–Trinajstić information content (AvgIpc) is 2.40. The van der Waals surface area contributed by atoms with Crippen molar-refractivity contribution in [2.24, 2.45) is 0 Å². The van der Waals surface area contributed by atoms with Crippen LogP contribution in [-0.2, 0) is 0 Å². The number of hydrogen-bond donors (Lipinski definition) is 1. The zero-order valence-corrected chi connectivity index (χ0v) is 13.1. The molecule has 1 atom stereocenters. The quantitative estimate of drug-likeness (QED) is 0.540. The van der Waals surface area contributed by atoms with E-state index in [1.54, 1.807) is 0 Å². The molecule has 1 aliphatic carbocycles. The van der Waals surface area contributed by atoms with Crippen LogP contribution in [0.4, 0.5) is 0 Å². The van der Waals surface area contributed by atoms with Gasteiger partial charge in [-0.15, -0.1) is 0 Å². The molecular formula is C17H35N. The standard InChI is InChI=1S/C17H35N/c1-4-6-7-8-12-15-17(3,5-2)18-16-13-10-9-11-14-16/h16,18H,4-15H2,1-3H3. The van der Waals surface area contributed by atoms with Gasteiger partial charge < -0.3 is 5.32 Å². The molecule has 1 rings (SSSR count). The molecule has 0 bridgehead atoms. The molecule has 1 saturated carbocycles. The highest BCUT2D eigenvalue weighted by molar-refractivity contribution is 4.86. The number of rotatable bonds is 9. The van der Waals surface area contributed by atoms with Crippen molar-refractivity contribution in [2.75, 3.05) is 0 Å². The molecule has 18 heavy (non-hydrogen) atoms. The molecule has 1 N–H and O–H groups in total. The van der Waals surface area contributed by atoms with Gasteiger partial charge in [0, 0.05) is 11.6 Å². The van der Waals surface area contributed by atoms with Crippen molar-refractivity contribution >= 4 is 0 Å². The van der Waals surface area contributed by atoms with Crippen LogP contribution in [0.3, 0.4) is 0 Å². The fourth-order valence-corrected chi connectivity index (χ4v) is 3.21. The molecule has 1 fully saturated rings. The average molecular weight is 253 g/mol. The Morgan fingerprint density at radius 1 is 0.944 bits per heavy atom. The fourth-order valence-electron chi connectivity index (χ4n) is 3.21. The van der Waals surface area contributed by atoms with E-state index in [0.29, 0.717) is 5.54 Å². The predicted octanol–water partition coefficient (Wildman–Crippen LogP) is 5.44. The topological polar surface area (TPSA) is 12.0 Å². The van der Waals surface area contributed by atoms with E-state index in [4.69, 9.17) is 0 Å². The fraction of sp³-hybridized carbons (Fsp3) is 1.00. The molecule has 0 spiro atoms. The van der Waals surface area contributed by atoms with Gasteiger partial charge in [0.15, 0.2) is 0 Å². The summed E-state index contributed by atoms with van der Waals surface area (Å²) in [6, 6.07) is 0.805. The van der Waals surface area contributed by atoms with Gasteiger partial charge in [0.1, 0.15) is 0 Å². The second kappa shape index (κ2) is 8.96. The zero-order valence-electron chi connectivity index (χ0n) is 13.1. The van der Waals surface area contributed by atoms with Crippen molar-refractivity contribution in [2.45, 2.75) is 109 Å². The van der Waals surface area contributed by atoms with E-state index in [0.717, 1.165) is 6.04 Å². The highest BCUT2D eigenvalue weighted by atomic mass is 15.0. The second-order valence-corrected chi connectivity index (χ2v) is 6.56.